The van der Waals surface area contributed by atoms with E-state index in [1.54, 1.807) is 24.3 Å². The minimum atomic E-state index is -3.23. The fourth-order valence-corrected chi connectivity index (χ4v) is 2.79. The van der Waals surface area contributed by atoms with Gasteiger partial charge in [-0.3, -0.25) is 4.79 Å². The summed E-state index contributed by atoms with van der Waals surface area (Å²) in [6.07, 6.45) is 2.81. The van der Waals surface area contributed by atoms with Crippen molar-refractivity contribution in [3.63, 3.8) is 0 Å². The van der Waals surface area contributed by atoms with Gasteiger partial charge in [-0.2, -0.15) is 5.26 Å². The molecule has 0 bridgehead atoms. The molecule has 0 aliphatic rings. The average Bonchev–Trinajstić information content (AvgIpc) is 2.54. The van der Waals surface area contributed by atoms with Crippen molar-refractivity contribution in [2.24, 2.45) is 0 Å². The van der Waals surface area contributed by atoms with Gasteiger partial charge >= 0.3 is 0 Å². The highest BCUT2D eigenvalue weighted by atomic mass is 32.2. The molecule has 1 N–H and O–H groups in total. The van der Waals surface area contributed by atoms with E-state index in [2.05, 4.69) is 10.3 Å². The van der Waals surface area contributed by atoms with Gasteiger partial charge in [0.2, 0.25) is 5.91 Å². The van der Waals surface area contributed by atoms with Gasteiger partial charge in [0.05, 0.1) is 17.4 Å². The number of carbonyl (C=O) groups is 1. The van der Waals surface area contributed by atoms with Crippen LogP contribution in [-0.2, 0) is 21.1 Å². The van der Waals surface area contributed by atoms with Gasteiger partial charge in [-0.25, -0.2) is 13.4 Å². The van der Waals surface area contributed by atoms with Gasteiger partial charge < -0.3 is 5.32 Å². The highest BCUT2D eigenvalue weighted by Crippen LogP contribution is 2.16. The molecule has 6 nitrogen and oxygen atoms in total. The highest BCUT2D eigenvalue weighted by molar-refractivity contribution is 7.90. The molecular weight excluding hydrogens is 326 g/mol. The largest absolute Gasteiger partial charge is 0.349 e. The molecule has 0 spiro atoms. The third kappa shape index (κ3) is 4.64. The standard InChI is InChI=1S/C17H17N3O3S/c1-12(14-4-7-16(8-5-14)24(2,22)23)20-17(21)9-13-3-6-15(10-18)19-11-13/h3-8,11-12H,9H2,1-2H3,(H,20,21)/t12-/m0/s1. The molecule has 0 aliphatic carbocycles. The molecule has 0 saturated heterocycles. The van der Waals surface area contributed by atoms with E-state index >= 15 is 0 Å². The lowest BCUT2D eigenvalue weighted by Gasteiger charge is -2.14. The number of nitrogens with zero attached hydrogens (tertiary/aromatic N) is 2. The summed E-state index contributed by atoms with van der Waals surface area (Å²) in [6, 6.07) is 11.3. The summed E-state index contributed by atoms with van der Waals surface area (Å²) in [7, 11) is -3.23. The maximum absolute atomic E-state index is 12.1. The lowest BCUT2D eigenvalue weighted by atomic mass is 10.1. The molecule has 2 rings (SSSR count). The molecule has 0 aliphatic heterocycles. The molecule has 1 aromatic carbocycles. The number of hydrogen-bond donors (Lipinski definition) is 1. The number of nitrogens with one attached hydrogen (secondary N) is 1. The number of carbonyl (C=O) groups excluding carboxylic acids is 1. The van der Waals surface area contributed by atoms with Crippen molar-refractivity contribution in [3.8, 4) is 6.07 Å². The van der Waals surface area contributed by atoms with Crippen LogP contribution in [-0.4, -0.2) is 25.6 Å². The molecule has 0 fully saturated rings. The molecule has 1 amide bonds. The Morgan fingerprint density at radius 1 is 1.25 bits per heavy atom. The van der Waals surface area contributed by atoms with Crippen LogP contribution in [0.4, 0.5) is 0 Å². The van der Waals surface area contributed by atoms with Crippen LogP contribution < -0.4 is 5.32 Å². The number of nitriles is 1. The van der Waals surface area contributed by atoms with Gasteiger partial charge in [0.1, 0.15) is 11.8 Å². The summed E-state index contributed by atoms with van der Waals surface area (Å²) in [6.45, 7) is 1.82. The van der Waals surface area contributed by atoms with Crippen molar-refractivity contribution < 1.29 is 13.2 Å². The quantitative estimate of drug-likeness (QED) is 0.892. The molecule has 2 aromatic rings. The van der Waals surface area contributed by atoms with Crippen molar-refractivity contribution >= 4 is 15.7 Å². The maximum Gasteiger partial charge on any atom is 0.224 e. The van der Waals surface area contributed by atoms with Crippen molar-refractivity contribution in [2.45, 2.75) is 24.3 Å². The van der Waals surface area contributed by atoms with Crippen LogP contribution >= 0.6 is 0 Å². The smallest absolute Gasteiger partial charge is 0.224 e. The van der Waals surface area contributed by atoms with Crippen molar-refractivity contribution in [2.75, 3.05) is 6.26 Å². The second-order valence-corrected chi connectivity index (χ2v) is 7.49. The van der Waals surface area contributed by atoms with Crippen LogP contribution in [0.3, 0.4) is 0 Å². The topological polar surface area (TPSA) is 99.9 Å². The minimum absolute atomic E-state index is 0.157. The van der Waals surface area contributed by atoms with Gasteiger partial charge in [0.25, 0.3) is 0 Å². The summed E-state index contributed by atoms with van der Waals surface area (Å²) < 4.78 is 22.9. The van der Waals surface area contributed by atoms with Crippen molar-refractivity contribution in [1.82, 2.24) is 10.3 Å². The number of aromatic nitrogens is 1. The normalized spacial score (nSPS) is 12.2. The van der Waals surface area contributed by atoms with Gasteiger partial charge in [-0.1, -0.05) is 18.2 Å². The molecule has 7 heteroatoms. The third-order valence-electron chi connectivity index (χ3n) is 3.49. The molecule has 124 valence electrons. The Bertz CT molecular complexity index is 867. The summed E-state index contributed by atoms with van der Waals surface area (Å²) in [4.78, 5) is 16.2. The van der Waals surface area contributed by atoms with Crippen molar-refractivity contribution in [1.29, 1.82) is 5.26 Å². The van der Waals surface area contributed by atoms with Crippen LogP contribution in [0.15, 0.2) is 47.5 Å². The average molecular weight is 343 g/mol. The predicted octanol–water partition coefficient (Wildman–Crippen LogP) is 1.78. The number of amides is 1. The summed E-state index contributed by atoms with van der Waals surface area (Å²) in [5.74, 6) is -0.179. The Morgan fingerprint density at radius 2 is 1.92 bits per heavy atom. The first-order valence-corrected chi connectivity index (χ1v) is 9.13. The van der Waals surface area contributed by atoms with Gasteiger partial charge in [-0.05, 0) is 36.2 Å². The van der Waals surface area contributed by atoms with Crippen LogP contribution in [0, 0.1) is 11.3 Å². The highest BCUT2D eigenvalue weighted by Gasteiger charge is 2.12. The first-order valence-electron chi connectivity index (χ1n) is 7.24. The second kappa shape index (κ2) is 7.23. The van der Waals surface area contributed by atoms with Crippen LogP contribution in [0.25, 0.3) is 0 Å². The molecule has 1 aromatic heterocycles. The zero-order chi connectivity index (χ0) is 17.7. The van der Waals surface area contributed by atoms with E-state index in [9.17, 15) is 13.2 Å². The molecule has 0 radical (unpaired) electrons. The zero-order valence-corrected chi connectivity index (χ0v) is 14.2. The molecule has 0 unspecified atom stereocenters. The number of pyridine rings is 1. The number of sulfone groups is 1. The number of hydrogen-bond acceptors (Lipinski definition) is 5. The lowest BCUT2D eigenvalue weighted by molar-refractivity contribution is -0.121. The molecular formula is C17H17N3O3S. The fourth-order valence-electron chi connectivity index (χ4n) is 2.16. The number of benzene rings is 1. The van der Waals surface area contributed by atoms with Crippen LogP contribution in [0.5, 0.6) is 0 Å². The second-order valence-electron chi connectivity index (χ2n) is 5.47. The Morgan fingerprint density at radius 3 is 2.42 bits per heavy atom. The number of rotatable bonds is 5. The van der Waals surface area contributed by atoms with E-state index in [0.29, 0.717) is 11.3 Å². The van der Waals surface area contributed by atoms with E-state index in [0.717, 1.165) is 11.8 Å². The monoisotopic (exact) mass is 343 g/mol. The Labute approximate surface area is 141 Å². The Balaban J connectivity index is 1.99. The lowest BCUT2D eigenvalue weighted by Crippen LogP contribution is -2.28. The van der Waals surface area contributed by atoms with Gasteiger partial charge in [0, 0.05) is 12.5 Å². The first-order chi connectivity index (χ1) is 11.3. The Kier molecular flexibility index (Phi) is 5.31. The molecule has 1 atom stereocenters. The van der Waals surface area contributed by atoms with E-state index in [1.807, 2.05) is 13.0 Å². The molecule has 24 heavy (non-hydrogen) atoms. The van der Waals surface area contributed by atoms with Crippen LogP contribution in [0.2, 0.25) is 0 Å². The van der Waals surface area contributed by atoms with E-state index in [4.69, 9.17) is 5.26 Å². The van der Waals surface area contributed by atoms with E-state index < -0.39 is 9.84 Å². The van der Waals surface area contributed by atoms with Crippen LogP contribution in [0.1, 0.15) is 29.8 Å². The van der Waals surface area contributed by atoms with Gasteiger partial charge in [0.15, 0.2) is 9.84 Å². The van der Waals surface area contributed by atoms with Crippen molar-refractivity contribution in [3.05, 3.63) is 59.4 Å². The van der Waals surface area contributed by atoms with E-state index in [-0.39, 0.29) is 23.3 Å². The maximum atomic E-state index is 12.1. The zero-order valence-electron chi connectivity index (χ0n) is 13.4. The summed E-state index contributed by atoms with van der Waals surface area (Å²) in [5, 5.41) is 11.5. The minimum Gasteiger partial charge on any atom is -0.349 e. The molecule has 0 saturated carbocycles. The summed E-state index contributed by atoms with van der Waals surface area (Å²) >= 11 is 0. The third-order valence-corrected chi connectivity index (χ3v) is 4.62. The van der Waals surface area contributed by atoms with E-state index in [1.165, 1.54) is 18.3 Å². The fraction of sp³-hybridized carbons (Fsp3) is 0.235. The predicted molar refractivity (Wildman–Crippen MR) is 88.8 cm³/mol. The summed E-state index contributed by atoms with van der Waals surface area (Å²) in [5.41, 5.74) is 1.83. The SMILES string of the molecule is C[C@H](NC(=O)Cc1ccc(C#N)nc1)c1ccc(S(C)(=O)=O)cc1. The molecule has 1 heterocycles. The van der Waals surface area contributed by atoms with Gasteiger partial charge in [-0.15, -0.1) is 0 Å². The first kappa shape index (κ1) is 17.6. The Hall–Kier alpha value is -2.72.